The maximum atomic E-state index is 12.2. The number of hydrogen-bond donors (Lipinski definition) is 2. The van der Waals surface area contributed by atoms with Crippen LogP contribution in [0.15, 0.2) is 21.5 Å². The summed E-state index contributed by atoms with van der Waals surface area (Å²) in [5, 5.41) is 0.306. The van der Waals surface area contributed by atoms with E-state index in [0.717, 1.165) is 0 Å². The molecule has 1 aromatic rings. The van der Waals surface area contributed by atoms with Gasteiger partial charge >= 0.3 is 0 Å². The van der Waals surface area contributed by atoms with E-state index in [1.807, 2.05) is 6.92 Å². The van der Waals surface area contributed by atoms with Crippen LogP contribution in [0.1, 0.15) is 13.3 Å². The lowest BCUT2D eigenvalue weighted by Crippen LogP contribution is -2.29. The molecule has 0 radical (unpaired) electrons. The van der Waals surface area contributed by atoms with E-state index < -0.39 is 10.0 Å². The largest absolute Gasteiger partial charge is 0.494 e. The van der Waals surface area contributed by atoms with Crippen molar-refractivity contribution in [2.45, 2.75) is 24.3 Å². The standard InChI is InChI=1S/C11H16BrClN2O3S.ClH/c1-7(14)3-4-15-19(16,17)10-6-8(13)5-9(12)11(10)18-2;/h5-7,15H,3-4,14H2,1-2H3;1H. The number of ether oxygens (including phenoxy) is 1. The minimum Gasteiger partial charge on any atom is -0.494 e. The second kappa shape index (κ2) is 8.41. The van der Waals surface area contributed by atoms with Crippen molar-refractivity contribution in [2.75, 3.05) is 13.7 Å². The van der Waals surface area contributed by atoms with Crippen LogP contribution in [0.4, 0.5) is 0 Å². The van der Waals surface area contributed by atoms with Crippen LogP contribution in [0.25, 0.3) is 0 Å². The molecule has 0 aromatic heterocycles. The minimum atomic E-state index is -3.69. The van der Waals surface area contributed by atoms with Crippen LogP contribution in [0, 0.1) is 0 Å². The number of nitrogens with two attached hydrogens (primary N) is 1. The third-order valence-electron chi connectivity index (χ3n) is 2.36. The zero-order valence-electron chi connectivity index (χ0n) is 11.0. The quantitative estimate of drug-likeness (QED) is 0.759. The Hall–Kier alpha value is -0.0500. The molecule has 0 saturated carbocycles. The first-order chi connectivity index (χ1) is 8.77. The van der Waals surface area contributed by atoms with Crippen LogP contribution in [0.3, 0.4) is 0 Å². The van der Waals surface area contributed by atoms with Gasteiger partial charge in [0.05, 0.1) is 11.6 Å². The van der Waals surface area contributed by atoms with E-state index >= 15 is 0 Å². The second-order valence-corrected chi connectivity index (χ2v) is 7.11. The van der Waals surface area contributed by atoms with Crippen molar-refractivity contribution in [2.24, 2.45) is 5.73 Å². The Balaban J connectivity index is 0.00000361. The van der Waals surface area contributed by atoms with Gasteiger partial charge < -0.3 is 10.5 Å². The molecule has 1 atom stereocenters. The molecule has 1 rings (SSSR count). The number of methoxy groups -OCH3 is 1. The number of benzene rings is 1. The lowest BCUT2D eigenvalue weighted by molar-refractivity contribution is 0.399. The van der Waals surface area contributed by atoms with Gasteiger partial charge in [-0.25, -0.2) is 13.1 Å². The van der Waals surface area contributed by atoms with Gasteiger partial charge in [0.25, 0.3) is 0 Å². The molecule has 0 aliphatic heterocycles. The molecule has 3 N–H and O–H groups in total. The summed E-state index contributed by atoms with van der Waals surface area (Å²) in [6, 6.07) is 2.84. The normalized spacial score (nSPS) is 12.7. The molecule has 9 heteroatoms. The third kappa shape index (κ3) is 5.38. The molecule has 0 spiro atoms. The van der Waals surface area contributed by atoms with Crippen LogP contribution in [0.2, 0.25) is 5.02 Å². The average molecular weight is 408 g/mol. The van der Waals surface area contributed by atoms with Crippen molar-refractivity contribution < 1.29 is 13.2 Å². The molecule has 0 fully saturated rings. The maximum Gasteiger partial charge on any atom is 0.244 e. The number of halogens is 3. The van der Waals surface area contributed by atoms with Crippen molar-refractivity contribution in [3.05, 3.63) is 21.6 Å². The highest BCUT2D eigenvalue weighted by Crippen LogP contribution is 2.35. The zero-order chi connectivity index (χ0) is 14.6. The lowest BCUT2D eigenvalue weighted by Gasteiger charge is -2.13. The van der Waals surface area contributed by atoms with Gasteiger partial charge in [-0.05, 0) is 41.4 Å². The molecule has 116 valence electrons. The first-order valence-corrected chi connectivity index (χ1v) is 8.21. The summed E-state index contributed by atoms with van der Waals surface area (Å²) in [6.45, 7) is 2.07. The van der Waals surface area contributed by atoms with E-state index in [1.54, 1.807) is 6.07 Å². The predicted octanol–water partition coefficient (Wildman–Crippen LogP) is 2.55. The number of hydrogen-bond acceptors (Lipinski definition) is 4. The molecule has 0 heterocycles. The molecule has 0 amide bonds. The molecular formula is C11H17BrCl2N2O3S. The zero-order valence-corrected chi connectivity index (χ0v) is 15.0. The first kappa shape index (κ1) is 19.9. The van der Waals surface area contributed by atoms with E-state index in [9.17, 15) is 8.42 Å². The number of rotatable bonds is 6. The van der Waals surface area contributed by atoms with Crippen LogP contribution >= 0.6 is 39.9 Å². The van der Waals surface area contributed by atoms with Crippen LogP contribution < -0.4 is 15.2 Å². The maximum absolute atomic E-state index is 12.2. The van der Waals surface area contributed by atoms with Gasteiger partial charge in [0.1, 0.15) is 4.90 Å². The molecule has 1 unspecified atom stereocenters. The Kier molecular flexibility index (Phi) is 8.39. The summed E-state index contributed by atoms with van der Waals surface area (Å²) in [4.78, 5) is -0.000880. The molecule has 0 saturated heterocycles. The van der Waals surface area contributed by atoms with E-state index in [4.69, 9.17) is 22.1 Å². The van der Waals surface area contributed by atoms with Gasteiger partial charge in [0.15, 0.2) is 5.75 Å². The predicted molar refractivity (Wildman–Crippen MR) is 86.4 cm³/mol. The monoisotopic (exact) mass is 406 g/mol. The fourth-order valence-electron chi connectivity index (χ4n) is 1.43. The molecule has 1 aromatic carbocycles. The van der Waals surface area contributed by atoms with Gasteiger partial charge in [-0.15, -0.1) is 12.4 Å². The molecule has 5 nitrogen and oxygen atoms in total. The number of sulfonamides is 1. The molecule has 20 heavy (non-hydrogen) atoms. The fourth-order valence-corrected chi connectivity index (χ4v) is 3.86. The summed E-state index contributed by atoms with van der Waals surface area (Å²) < 4.78 is 32.4. The van der Waals surface area contributed by atoms with Gasteiger partial charge in [-0.3, -0.25) is 0 Å². The van der Waals surface area contributed by atoms with Crippen molar-refractivity contribution >= 4 is 50.0 Å². The molecular weight excluding hydrogens is 391 g/mol. The first-order valence-electron chi connectivity index (χ1n) is 5.56. The molecule has 0 bridgehead atoms. The highest BCUT2D eigenvalue weighted by Gasteiger charge is 2.22. The Labute approximate surface area is 138 Å². The van der Waals surface area contributed by atoms with Crippen molar-refractivity contribution in [1.82, 2.24) is 4.72 Å². The van der Waals surface area contributed by atoms with Crippen LogP contribution in [0.5, 0.6) is 5.75 Å². The number of nitrogens with one attached hydrogen (secondary N) is 1. The third-order valence-corrected chi connectivity index (χ3v) is 4.63. The second-order valence-electron chi connectivity index (χ2n) is 4.08. The van der Waals surface area contributed by atoms with Gasteiger partial charge in [-0.1, -0.05) is 11.6 Å². The average Bonchev–Trinajstić information content (AvgIpc) is 2.27. The van der Waals surface area contributed by atoms with Gasteiger partial charge in [-0.2, -0.15) is 0 Å². The molecule has 0 aliphatic carbocycles. The summed E-state index contributed by atoms with van der Waals surface area (Å²) in [6.07, 6.45) is 0.545. The highest BCUT2D eigenvalue weighted by molar-refractivity contribution is 9.10. The Bertz CT molecular complexity index is 553. The van der Waals surface area contributed by atoms with E-state index in [2.05, 4.69) is 20.7 Å². The Morgan fingerprint density at radius 2 is 2.10 bits per heavy atom. The summed E-state index contributed by atoms with van der Waals surface area (Å²) in [7, 11) is -2.29. The van der Waals surface area contributed by atoms with Crippen molar-refractivity contribution in [3.8, 4) is 5.75 Å². The SMILES string of the molecule is COc1c(Br)cc(Cl)cc1S(=O)(=O)NCCC(C)N.Cl. The summed E-state index contributed by atoms with van der Waals surface area (Å²) in [5.41, 5.74) is 5.58. The van der Waals surface area contributed by atoms with E-state index in [0.29, 0.717) is 15.9 Å². The van der Waals surface area contributed by atoms with Crippen molar-refractivity contribution in [3.63, 3.8) is 0 Å². The van der Waals surface area contributed by atoms with Crippen LogP contribution in [-0.4, -0.2) is 28.1 Å². The Morgan fingerprint density at radius 1 is 1.50 bits per heavy atom. The Morgan fingerprint density at radius 3 is 2.60 bits per heavy atom. The van der Waals surface area contributed by atoms with Crippen molar-refractivity contribution in [1.29, 1.82) is 0 Å². The smallest absolute Gasteiger partial charge is 0.244 e. The van der Waals surface area contributed by atoms with Crippen LogP contribution in [-0.2, 0) is 10.0 Å². The van der Waals surface area contributed by atoms with E-state index in [1.165, 1.54) is 13.2 Å². The fraction of sp³-hybridized carbons (Fsp3) is 0.455. The van der Waals surface area contributed by atoms with Gasteiger partial charge in [0.2, 0.25) is 10.0 Å². The summed E-state index contributed by atoms with van der Waals surface area (Å²) in [5.74, 6) is 0.220. The molecule has 0 aliphatic rings. The van der Waals surface area contributed by atoms with E-state index in [-0.39, 0.29) is 35.6 Å². The lowest BCUT2D eigenvalue weighted by atomic mass is 10.3. The van der Waals surface area contributed by atoms with Gasteiger partial charge in [0, 0.05) is 17.6 Å². The topological polar surface area (TPSA) is 81.4 Å². The minimum absolute atomic E-state index is 0. The highest BCUT2D eigenvalue weighted by atomic mass is 79.9. The summed E-state index contributed by atoms with van der Waals surface area (Å²) >= 11 is 9.09.